The Morgan fingerprint density at radius 2 is 2.36 bits per heavy atom. The number of carboxylic acid groups (broad SMARTS) is 1. The van der Waals surface area contributed by atoms with E-state index in [1.165, 1.54) is 10.9 Å². The van der Waals surface area contributed by atoms with E-state index in [1.54, 1.807) is 12.3 Å². The van der Waals surface area contributed by atoms with Gasteiger partial charge in [0.2, 0.25) is 0 Å². The fourth-order valence-corrected chi connectivity index (χ4v) is 1.50. The number of aliphatic carboxylic acids is 1. The molecule has 2 aromatic rings. The van der Waals surface area contributed by atoms with Crippen molar-refractivity contribution >= 4 is 33.1 Å². The monoisotopic (exact) mass is 255 g/mol. The number of imidazole rings is 1. The quantitative estimate of drug-likeness (QED) is 0.878. The van der Waals surface area contributed by atoms with Gasteiger partial charge in [0, 0.05) is 10.7 Å². The summed E-state index contributed by atoms with van der Waals surface area (Å²) in [5.74, 6) is -0.908. The molecule has 14 heavy (non-hydrogen) atoms. The molecule has 0 radical (unpaired) electrons. The van der Waals surface area contributed by atoms with Crippen LogP contribution in [0.25, 0.3) is 11.2 Å². The van der Waals surface area contributed by atoms with Gasteiger partial charge < -0.3 is 9.67 Å². The Kier molecular flexibility index (Phi) is 2.20. The number of aromatic nitrogens is 3. The van der Waals surface area contributed by atoms with E-state index in [0.717, 1.165) is 4.47 Å². The van der Waals surface area contributed by atoms with Crippen LogP contribution in [-0.4, -0.2) is 25.6 Å². The van der Waals surface area contributed by atoms with Crippen LogP contribution in [0.3, 0.4) is 0 Å². The maximum absolute atomic E-state index is 10.5. The first-order chi connectivity index (χ1) is 6.66. The van der Waals surface area contributed by atoms with Crippen LogP contribution in [0.15, 0.2) is 23.1 Å². The first-order valence-corrected chi connectivity index (χ1v) is 4.64. The Bertz CT molecular complexity index is 494. The molecule has 0 saturated carbocycles. The van der Waals surface area contributed by atoms with Crippen LogP contribution in [0.5, 0.6) is 0 Å². The van der Waals surface area contributed by atoms with Gasteiger partial charge in [-0.3, -0.25) is 4.79 Å². The fourth-order valence-electron chi connectivity index (χ4n) is 1.19. The number of rotatable bonds is 2. The molecular weight excluding hydrogens is 250 g/mol. The molecule has 0 aliphatic carbocycles. The molecule has 2 rings (SSSR count). The first kappa shape index (κ1) is 9.14. The van der Waals surface area contributed by atoms with Crippen molar-refractivity contribution in [1.82, 2.24) is 14.5 Å². The normalized spacial score (nSPS) is 10.6. The van der Waals surface area contributed by atoms with Crippen molar-refractivity contribution in [2.24, 2.45) is 0 Å². The van der Waals surface area contributed by atoms with Crippen LogP contribution < -0.4 is 0 Å². The summed E-state index contributed by atoms with van der Waals surface area (Å²) in [6.45, 7) is -0.120. The Hall–Kier alpha value is -1.43. The predicted octanol–water partition coefficient (Wildman–Crippen LogP) is 1.28. The van der Waals surface area contributed by atoms with Gasteiger partial charge in [-0.25, -0.2) is 9.97 Å². The summed E-state index contributed by atoms with van der Waals surface area (Å²) in [5.41, 5.74) is 1.26. The lowest BCUT2D eigenvalue weighted by atomic mass is 10.4. The Morgan fingerprint density at radius 1 is 1.57 bits per heavy atom. The second kappa shape index (κ2) is 3.38. The van der Waals surface area contributed by atoms with Crippen molar-refractivity contribution in [3.8, 4) is 0 Å². The van der Waals surface area contributed by atoms with Gasteiger partial charge >= 0.3 is 5.97 Å². The lowest BCUT2D eigenvalue weighted by molar-refractivity contribution is -0.137. The number of carbonyl (C=O) groups is 1. The van der Waals surface area contributed by atoms with E-state index < -0.39 is 5.97 Å². The molecule has 2 heterocycles. The molecule has 6 heteroatoms. The molecule has 0 atom stereocenters. The number of nitrogens with zero attached hydrogens (tertiary/aromatic N) is 3. The molecule has 0 bridgehead atoms. The minimum Gasteiger partial charge on any atom is -0.480 e. The average Bonchev–Trinajstić information content (AvgIpc) is 2.47. The second-order valence-electron chi connectivity index (χ2n) is 2.76. The summed E-state index contributed by atoms with van der Waals surface area (Å²) in [4.78, 5) is 18.6. The Balaban J connectivity index is 2.52. The number of carboxylic acids is 1. The third-order valence-corrected chi connectivity index (χ3v) is 2.16. The van der Waals surface area contributed by atoms with Gasteiger partial charge in [0.25, 0.3) is 0 Å². The molecule has 2 aromatic heterocycles. The number of pyridine rings is 1. The lowest BCUT2D eigenvalue weighted by Crippen LogP contribution is -2.07. The maximum Gasteiger partial charge on any atom is 0.323 e. The topological polar surface area (TPSA) is 68.0 Å². The zero-order valence-electron chi connectivity index (χ0n) is 7.01. The average molecular weight is 256 g/mol. The highest BCUT2D eigenvalue weighted by Crippen LogP contribution is 2.15. The van der Waals surface area contributed by atoms with Crippen LogP contribution in [0.1, 0.15) is 0 Å². The van der Waals surface area contributed by atoms with E-state index in [1.807, 2.05) is 0 Å². The molecule has 0 fully saturated rings. The van der Waals surface area contributed by atoms with Gasteiger partial charge in [0.15, 0.2) is 5.65 Å². The summed E-state index contributed by atoms with van der Waals surface area (Å²) in [6, 6.07) is 1.79. The van der Waals surface area contributed by atoms with E-state index in [0.29, 0.717) is 11.2 Å². The summed E-state index contributed by atoms with van der Waals surface area (Å²) < 4.78 is 2.31. The smallest absolute Gasteiger partial charge is 0.323 e. The van der Waals surface area contributed by atoms with Crippen molar-refractivity contribution < 1.29 is 9.90 Å². The van der Waals surface area contributed by atoms with Gasteiger partial charge in [0.1, 0.15) is 12.1 Å². The number of hydrogen-bond acceptors (Lipinski definition) is 3. The van der Waals surface area contributed by atoms with Crippen LogP contribution in [0.4, 0.5) is 0 Å². The molecular formula is C8H6BrN3O2. The van der Waals surface area contributed by atoms with Gasteiger partial charge in [-0.2, -0.15) is 0 Å². The van der Waals surface area contributed by atoms with E-state index in [-0.39, 0.29) is 6.54 Å². The summed E-state index contributed by atoms with van der Waals surface area (Å²) in [7, 11) is 0. The lowest BCUT2D eigenvalue weighted by Gasteiger charge is -1.97. The van der Waals surface area contributed by atoms with Crippen molar-refractivity contribution in [1.29, 1.82) is 0 Å². The van der Waals surface area contributed by atoms with Crippen molar-refractivity contribution in [2.45, 2.75) is 6.54 Å². The number of hydrogen-bond donors (Lipinski definition) is 1. The standard InChI is InChI=1S/C8H6BrN3O2/c9-5-1-6-8(10-2-5)12(4-11-6)3-7(13)14/h1-2,4H,3H2,(H,13,14). The van der Waals surface area contributed by atoms with Crippen LogP contribution in [0, 0.1) is 0 Å². The maximum atomic E-state index is 10.5. The van der Waals surface area contributed by atoms with Crippen molar-refractivity contribution in [2.75, 3.05) is 0 Å². The predicted molar refractivity (Wildman–Crippen MR) is 52.9 cm³/mol. The van der Waals surface area contributed by atoms with E-state index in [4.69, 9.17) is 5.11 Å². The molecule has 0 amide bonds. The fraction of sp³-hybridized carbons (Fsp3) is 0.125. The summed E-state index contributed by atoms with van der Waals surface area (Å²) in [5, 5.41) is 8.61. The molecule has 5 nitrogen and oxygen atoms in total. The molecule has 1 N–H and O–H groups in total. The summed E-state index contributed by atoms with van der Waals surface area (Å²) in [6.07, 6.45) is 3.08. The molecule has 0 unspecified atom stereocenters. The van der Waals surface area contributed by atoms with Gasteiger partial charge in [-0.1, -0.05) is 0 Å². The highest BCUT2D eigenvalue weighted by molar-refractivity contribution is 9.10. The van der Waals surface area contributed by atoms with E-state index >= 15 is 0 Å². The van der Waals surface area contributed by atoms with Gasteiger partial charge in [0.05, 0.1) is 6.33 Å². The molecule has 0 aliphatic heterocycles. The van der Waals surface area contributed by atoms with Crippen molar-refractivity contribution in [3.63, 3.8) is 0 Å². The summed E-state index contributed by atoms with van der Waals surface area (Å²) >= 11 is 3.26. The zero-order valence-corrected chi connectivity index (χ0v) is 8.60. The van der Waals surface area contributed by atoms with Crippen LogP contribution in [-0.2, 0) is 11.3 Å². The molecule has 72 valence electrons. The van der Waals surface area contributed by atoms with E-state index in [9.17, 15) is 4.79 Å². The number of fused-ring (bicyclic) bond motifs is 1. The van der Waals surface area contributed by atoms with Gasteiger partial charge in [-0.15, -0.1) is 0 Å². The van der Waals surface area contributed by atoms with Crippen LogP contribution >= 0.6 is 15.9 Å². The first-order valence-electron chi connectivity index (χ1n) is 3.85. The van der Waals surface area contributed by atoms with Crippen molar-refractivity contribution in [3.05, 3.63) is 23.1 Å². The number of halogens is 1. The molecule has 0 aromatic carbocycles. The zero-order chi connectivity index (χ0) is 10.1. The minimum absolute atomic E-state index is 0.120. The Morgan fingerprint density at radius 3 is 3.07 bits per heavy atom. The largest absolute Gasteiger partial charge is 0.480 e. The SMILES string of the molecule is O=C(O)Cn1cnc2cc(Br)cnc21. The molecule has 0 saturated heterocycles. The highest BCUT2D eigenvalue weighted by Gasteiger charge is 2.06. The van der Waals surface area contributed by atoms with Crippen LogP contribution in [0.2, 0.25) is 0 Å². The minimum atomic E-state index is -0.908. The molecule has 0 spiro atoms. The second-order valence-corrected chi connectivity index (χ2v) is 3.68. The van der Waals surface area contributed by atoms with Gasteiger partial charge in [-0.05, 0) is 22.0 Å². The Labute approximate surface area is 87.5 Å². The molecule has 0 aliphatic rings. The third-order valence-electron chi connectivity index (χ3n) is 1.73. The van der Waals surface area contributed by atoms with E-state index in [2.05, 4.69) is 25.9 Å². The highest BCUT2D eigenvalue weighted by atomic mass is 79.9. The third kappa shape index (κ3) is 1.60.